The van der Waals surface area contributed by atoms with Crippen molar-refractivity contribution in [1.29, 1.82) is 0 Å². The number of benzene rings is 3. The fourth-order valence-corrected chi connectivity index (χ4v) is 3.79. The summed E-state index contributed by atoms with van der Waals surface area (Å²) in [4.78, 5) is 19.6. The molecule has 6 nitrogen and oxygen atoms in total. The highest BCUT2D eigenvalue weighted by atomic mass is 35.5. The van der Waals surface area contributed by atoms with Crippen molar-refractivity contribution in [2.45, 2.75) is 11.8 Å². The molecule has 162 valence electrons. The first kappa shape index (κ1) is 22.2. The van der Waals surface area contributed by atoms with Crippen LogP contribution in [-0.4, -0.2) is 27.8 Å². The van der Waals surface area contributed by atoms with Gasteiger partial charge in [-0.1, -0.05) is 53.2 Å². The average Bonchev–Trinajstić information content (AvgIpc) is 3.22. The lowest BCUT2D eigenvalue weighted by molar-refractivity contribution is -0.118. The number of hydrogen-bond donors (Lipinski definition) is 2. The van der Waals surface area contributed by atoms with Crippen LogP contribution in [0, 0.1) is 0 Å². The van der Waals surface area contributed by atoms with Crippen LogP contribution in [0.5, 0.6) is 5.75 Å². The molecule has 0 bridgehead atoms. The smallest absolute Gasteiger partial charge is 0.250 e. The number of carbonyl (C=O) groups excluding carboxylic acids is 1. The fourth-order valence-electron chi connectivity index (χ4n) is 2.79. The van der Waals surface area contributed by atoms with Gasteiger partial charge in [-0.2, -0.15) is 5.10 Å². The number of ether oxygens (including phenoxy) is 1. The van der Waals surface area contributed by atoms with E-state index in [0.717, 1.165) is 22.2 Å². The number of aromatic nitrogens is 2. The molecule has 0 aliphatic carbocycles. The number of hydrazone groups is 1. The van der Waals surface area contributed by atoms with Crippen LogP contribution >= 0.6 is 35.0 Å². The van der Waals surface area contributed by atoms with Crippen LogP contribution in [0.25, 0.3) is 11.0 Å². The Balaban J connectivity index is 1.22. The van der Waals surface area contributed by atoms with Crippen LogP contribution in [0.15, 0.2) is 77.0 Å². The second-order valence-corrected chi connectivity index (χ2v) is 8.53. The number of fused-ring (bicyclic) bond motifs is 1. The first-order valence-corrected chi connectivity index (χ1v) is 11.4. The largest absolute Gasteiger partial charge is 0.489 e. The zero-order valence-electron chi connectivity index (χ0n) is 16.7. The van der Waals surface area contributed by atoms with Crippen molar-refractivity contribution >= 4 is 58.1 Å². The summed E-state index contributed by atoms with van der Waals surface area (Å²) in [5.74, 6) is 0.700. The molecule has 0 radical (unpaired) electrons. The van der Waals surface area contributed by atoms with Gasteiger partial charge < -0.3 is 9.72 Å². The summed E-state index contributed by atoms with van der Waals surface area (Å²) in [6, 6.07) is 20.5. The third-order valence-corrected chi connectivity index (χ3v) is 5.99. The predicted molar refractivity (Wildman–Crippen MR) is 130 cm³/mol. The Morgan fingerprint density at radius 2 is 1.91 bits per heavy atom. The summed E-state index contributed by atoms with van der Waals surface area (Å²) in [5.41, 5.74) is 6.09. The topological polar surface area (TPSA) is 79.4 Å². The highest BCUT2D eigenvalue weighted by Crippen LogP contribution is 2.23. The van der Waals surface area contributed by atoms with E-state index in [1.807, 2.05) is 54.6 Å². The number of H-pyrrole nitrogens is 1. The molecule has 4 aromatic rings. The zero-order chi connectivity index (χ0) is 22.3. The van der Waals surface area contributed by atoms with Gasteiger partial charge in [-0.3, -0.25) is 4.79 Å². The van der Waals surface area contributed by atoms with Crippen LogP contribution in [0.1, 0.15) is 11.1 Å². The molecule has 4 rings (SSSR count). The van der Waals surface area contributed by atoms with Crippen molar-refractivity contribution in [2.75, 3.05) is 5.75 Å². The van der Waals surface area contributed by atoms with E-state index in [-0.39, 0.29) is 11.7 Å². The number of rotatable bonds is 8. The Kier molecular flexibility index (Phi) is 7.32. The summed E-state index contributed by atoms with van der Waals surface area (Å²) < 4.78 is 5.75. The molecule has 1 aromatic heterocycles. The number of nitrogens with zero attached hydrogens (tertiary/aromatic N) is 2. The zero-order valence-corrected chi connectivity index (χ0v) is 19.0. The van der Waals surface area contributed by atoms with E-state index in [9.17, 15) is 4.79 Å². The summed E-state index contributed by atoms with van der Waals surface area (Å²) in [7, 11) is 0. The van der Waals surface area contributed by atoms with Crippen molar-refractivity contribution in [3.05, 3.63) is 87.9 Å². The average molecular weight is 485 g/mol. The molecule has 3 aromatic carbocycles. The lowest BCUT2D eigenvalue weighted by Crippen LogP contribution is -2.19. The number of amides is 1. The van der Waals surface area contributed by atoms with Gasteiger partial charge in [0.2, 0.25) is 0 Å². The molecule has 0 saturated carbocycles. The van der Waals surface area contributed by atoms with Crippen LogP contribution in [0.3, 0.4) is 0 Å². The standard InChI is InChI=1S/C23H18Cl2N4O2S/c24-18-10-7-16(11-19(18)25)13-31-17-8-5-15(6-9-17)12-26-29-22(30)14-32-23-27-20-3-1-2-4-21(20)28-23/h1-12H,13-14H2,(H,27,28)(H,29,30)/b26-12-. The highest BCUT2D eigenvalue weighted by Gasteiger charge is 2.06. The molecule has 0 atom stereocenters. The van der Waals surface area contributed by atoms with Gasteiger partial charge in [-0.25, -0.2) is 10.4 Å². The van der Waals surface area contributed by atoms with E-state index in [0.29, 0.717) is 27.6 Å². The Bertz CT molecular complexity index is 1230. The SMILES string of the molecule is O=C(CSc1nc2ccccc2[nH]1)N/N=C\c1ccc(OCc2ccc(Cl)c(Cl)c2)cc1. The first-order valence-electron chi connectivity index (χ1n) is 9.63. The number of imidazole rings is 1. The van der Waals surface area contributed by atoms with Crippen molar-refractivity contribution in [2.24, 2.45) is 5.10 Å². The maximum absolute atomic E-state index is 12.0. The van der Waals surface area contributed by atoms with Gasteiger partial charge in [0, 0.05) is 0 Å². The van der Waals surface area contributed by atoms with Crippen LogP contribution in [0.4, 0.5) is 0 Å². The summed E-state index contributed by atoms with van der Waals surface area (Å²) in [6.45, 7) is 0.378. The van der Waals surface area contributed by atoms with E-state index < -0.39 is 0 Å². The second-order valence-electron chi connectivity index (χ2n) is 6.75. The molecular formula is C23H18Cl2N4O2S. The monoisotopic (exact) mass is 484 g/mol. The number of halogens is 2. The minimum atomic E-state index is -0.215. The Hall–Kier alpha value is -3.00. The van der Waals surface area contributed by atoms with Gasteiger partial charge in [0.1, 0.15) is 12.4 Å². The molecule has 1 heterocycles. The molecule has 0 aliphatic rings. The molecule has 0 spiro atoms. The van der Waals surface area contributed by atoms with E-state index in [1.54, 1.807) is 18.3 Å². The summed E-state index contributed by atoms with van der Waals surface area (Å²) >= 11 is 13.3. The molecule has 0 saturated heterocycles. The summed E-state index contributed by atoms with van der Waals surface area (Å²) in [6.07, 6.45) is 1.58. The van der Waals surface area contributed by atoms with Crippen molar-refractivity contribution in [3.8, 4) is 5.75 Å². The van der Waals surface area contributed by atoms with E-state index in [2.05, 4.69) is 20.5 Å². The van der Waals surface area contributed by atoms with Crippen LogP contribution < -0.4 is 10.2 Å². The molecule has 32 heavy (non-hydrogen) atoms. The van der Waals surface area contributed by atoms with E-state index in [4.69, 9.17) is 27.9 Å². The number of aromatic amines is 1. The molecule has 0 fully saturated rings. The first-order chi connectivity index (χ1) is 15.6. The molecular weight excluding hydrogens is 467 g/mol. The summed E-state index contributed by atoms with van der Waals surface area (Å²) in [5, 5.41) is 5.71. The highest BCUT2D eigenvalue weighted by molar-refractivity contribution is 7.99. The Labute approximate surface area is 199 Å². The van der Waals surface area contributed by atoms with Gasteiger partial charge in [-0.05, 0) is 59.7 Å². The normalized spacial score (nSPS) is 11.2. The van der Waals surface area contributed by atoms with Crippen molar-refractivity contribution < 1.29 is 9.53 Å². The van der Waals surface area contributed by atoms with E-state index in [1.165, 1.54) is 11.8 Å². The molecule has 0 aliphatic heterocycles. The van der Waals surface area contributed by atoms with Crippen molar-refractivity contribution in [3.63, 3.8) is 0 Å². The maximum atomic E-state index is 12.0. The van der Waals surface area contributed by atoms with E-state index >= 15 is 0 Å². The number of nitrogens with one attached hydrogen (secondary N) is 2. The number of thioether (sulfide) groups is 1. The third kappa shape index (κ3) is 6.03. The van der Waals surface area contributed by atoms with Crippen molar-refractivity contribution in [1.82, 2.24) is 15.4 Å². The quantitative estimate of drug-likeness (QED) is 0.191. The minimum Gasteiger partial charge on any atom is -0.489 e. The Morgan fingerprint density at radius 1 is 1.09 bits per heavy atom. The molecule has 1 amide bonds. The van der Waals surface area contributed by atoms with Gasteiger partial charge in [0.15, 0.2) is 5.16 Å². The number of carbonyl (C=O) groups is 1. The second kappa shape index (κ2) is 10.5. The molecule has 0 unspecified atom stereocenters. The van der Waals surface area contributed by atoms with Crippen LogP contribution in [0.2, 0.25) is 10.0 Å². The van der Waals surface area contributed by atoms with Gasteiger partial charge in [0.25, 0.3) is 5.91 Å². The lowest BCUT2D eigenvalue weighted by atomic mass is 10.2. The fraction of sp³-hybridized carbons (Fsp3) is 0.0870. The van der Waals surface area contributed by atoms with Gasteiger partial charge in [0.05, 0.1) is 33.0 Å². The van der Waals surface area contributed by atoms with Gasteiger partial charge in [-0.15, -0.1) is 0 Å². The minimum absolute atomic E-state index is 0.207. The predicted octanol–water partition coefficient (Wildman–Crippen LogP) is 5.69. The lowest BCUT2D eigenvalue weighted by Gasteiger charge is -2.07. The maximum Gasteiger partial charge on any atom is 0.250 e. The number of hydrogen-bond acceptors (Lipinski definition) is 5. The molecule has 9 heteroatoms. The third-order valence-electron chi connectivity index (χ3n) is 4.38. The Morgan fingerprint density at radius 3 is 2.69 bits per heavy atom. The molecule has 2 N–H and O–H groups in total. The van der Waals surface area contributed by atoms with Crippen LogP contribution in [-0.2, 0) is 11.4 Å². The van der Waals surface area contributed by atoms with Gasteiger partial charge >= 0.3 is 0 Å². The number of para-hydroxylation sites is 2.